The zero-order valence-corrected chi connectivity index (χ0v) is 12.6. The van der Waals surface area contributed by atoms with E-state index in [1.165, 1.54) is 0 Å². The molecule has 1 aromatic rings. The summed E-state index contributed by atoms with van der Waals surface area (Å²) < 4.78 is 0. The van der Waals surface area contributed by atoms with Crippen LogP contribution in [-0.2, 0) is 0 Å². The van der Waals surface area contributed by atoms with Crippen molar-refractivity contribution in [1.29, 1.82) is 0 Å². The SMILES string of the molecule is CCC(N)(CC)CNC(=O)Nc1cc(Cl)ccc1Cl. The Labute approximate surface area is 123 Å². The van der Waals surface area contributed by atoms with E-state index in [4.69, 9.17) is 28.9 Å². The molecule has 0 radical (unpaired) electrons. The van der Waals surface area contributed by atoms with Crippen LogP contribution in [0.1, 0.15) is 26.7 Å². The van der Waals surface area contributed by atoms with Crippen LogP contribution in [0.3, 0.4) is 0 Å². The summed E-state index contributed by atoms with van der Waals surface area (Å²) in [5.41, 5.74) is 6.20. The van der Waals surface area contributed by atoms with Gasteiger partial charge in [-0.2, -0.15) is 0 Å². The van der Waals surface area contributed by atoms with Crippen molar-refractivity contribution in [2.75, 3.05) is 11.9 Å². The third kappa shape index (κ3) is 4.90. The average molecular weight is 304 g/mol. The van der Waals surface area contributed by atoms with Crippen LogP contribution < -0.4 is 16.4 Å². The fourth-order valence-electron chi connectivity index (χ4n) is 1.52. The molecular formula is C13H19Cl2N3O. The van der Waals surface area contributed by atoms with E-state index in [0.29, 0.717) is 22.3 Å². The van der Waals surface area contributed by atoms with E-state index in [-0.39, 0.29) is 11.6 Å². The number of nitrogens with one attached hydrogen (secondary N) is 2. The van der Waals surface area contributed by atoms with E-state index in [1.807, 2.05) is 13.8 Å². The zero-order chi connectivity index (χ0) is 14.5. The summed E-state index contributed by atoms with van der Waals surface area (Å²) in [5.74, 6) is 0. The first-order valence-corrected chi connectivity index (χ1v) is 6.94. The fraction of sp³-hybridized carbons (Fsp3) is 0.462. The largest absolute Gasteiger partial charge is 0.336 e. The molecule has 4 nitrogen and oxygen atoms in total. The molecule has 19 heavy (non-hydrogen) atoms. The molecule has 0 saturated carbocycles. The number of hydrogen-bond acceptors (Lipinski definition) is 2. The lowest BCUT2D eigenvalue weighted by atomic mass is 9.94. The lowest BCUT2D eigenvalue weighted by molar-refractivity contribution is 0.247. The van der Waals surface area contributed by atoms with Crippen LogP contribution in [0.25, 0.3) is 0 Å². The topological polar surface area (TPSA) is 67.1 Å². The van der Waals surface area contributed by atoms with Crippen molar-refractivity contribution in [3.05, 3.63) is 28.2 Å². The first-order valence-electron chi connectivity index (χ1n) is 6.19. The first kappa shape index (κ1) is 16.1. The molecule has 2 amide bonds. The van der Waals surface area contributed by atoms with Crippen molar-refractivity contribution in [2.24, 2.45) is 5.73 Å². The smallest absolute Gasteiger partial charge is 0.319 e. The minimum Gasteiger partial charge on any atom is -0.336 e. The van der Waals surface area contributed by atoms with Gasteiger partial charge in [0.05, 0.1) is 10.7 Å². The van der Waals surface area contributed by atoms with Crippen LogP contribution in [0.4, 0.5) is 10.5 Å². The highest BCUT2D eigenvalue weighted by atomic mass is 35.5. The van der Waals surface area contributed by atoms with Crippen molar-refractivity contribution in [1.82, 2.24) is 5.32 Å². The van der Waals surface area contributed by atoms with Crippen LogP contribution in [-0.4, -0.2) is 18.1 Å². The van der Waals surface area contributed by atoms with Gasteiger partial charge in [0.2, 0.25) is 0 Å². The molecule has 0 heterocycles. The Morgan fingerprint density at radius 1 is 1.32 bits per heavy atom. The summed E-state index contributed by atoms with van der Waals surface area (Å²) in [4.78, 5) is 11.8. The third-order valence-electron chi connectivity index (χ3n) is 3.19. The molecule has 0 spiro atoms. The van der Waals surface area contributed by atoms with Gasteiger partial charge < -0.3 is 16.4 Å². The number of benzene rings is 1. The lowest BCUT2D eigenvalue weighted by Crippen LogP contribution is -2.50. The normalized spacial score (nSPS) is 11.2. The van der Waals surface area contributed by atoms with Crippen LogP contribution >= 0.6 is 23.2 Å². The molecule has 0 aliphatic heterocycles. The van der Waals surface area contributed by atoms with Crippen molar-refractivity contribution in [3.8, 4) is 0 Å². The highest BCUT2D eigenvalue weighted by Gasteiger charge is 2.20. The number of nitrogens with two attached hydrogens (primary N) is 1. The van der Waals surface area contributed by atoms with Gasteiger partial charge in [-0.15, -0.1) is 0 Å². The van der Waals surface area contributed by atoms with Gasteiger partial charge in [0, 0.05) is 17.1 Å². The molecule has 0 atom stereocenters. The van der Waals surface area contributed by atoms with Gasteiger partial charge in [-0.1, -0.05) is 37.0 Å². The second-order valence-corrected chi connectivity index (χ2v) is 5.34. The van der Waals surface area contributed by atoms with Crippen LogP contribution in [0.15, 0.2) is 18.2 Å². The molecule has 0 aromatic heterocycles. The number of urea groups is 1. The fourth-order valence-corrected chi connectivity index (χ4v) is 1.85. The average Bonchev–Trinajstić information content (AvgIpc) is 2.40. The summed E-state index contributed by atoms with van der Waals surface area (Å²) >= 11 is 11.8. The first-order chi connectivity index (χ1) is 8.90. The lowest BCUT2D eigenvalue weighted by Gasteiger charge is -2.26. The molecule has 0 fully saturated rings. The van der Waals surface area contributed by atoms with Crippen molar-refractivity contribution in [2.45, 2.75) is 32.2 Å². The maximum Gasteiger partial charge on any atom is 0.319 e. The maximum absolute atomic E-state index is 11.8. The van der Waals surface area contributed by atoms with Gasteiger partial charge in [0.15, 0.2) is 0 Å². The summed E-state index contributed by atoms with van der Waals surface area (Å²) in [5, 5.41) is 6.34. The molecule has 1 aromatic carbocycles. The van der Waals surface area contributed by atoms with Crippen LogP contribution in [0.2, 0.25) is 10.0 Å². The molecule has 1 rings (SSSR count). The second kappa shape index (κ2) is 6.98. The minimum absolute atomic E-state index is 0.346. The van der Waals surface area contributed by atoms with Crippen LogP contribution in [0, 0.1) is 0 Å². The van der Waals surface area contributed by atoms with Crippen LogP contribution in [0.5, 0.6) is 0 Å². The number of carbonyl (C=O) groups is 1. The van der Waals surface area contributed by atoms with E-state index in [1.54, 1.807) is 18.2 Å². The van der Waals surface area contributed by atoms with Crippen molar-refractivity contribution >= 4 is 34.9 Å². The Morgan fingerprint density at radius 2 is 1.95 bits per heavy atom. The highest BCUT2D eigenvalue weighted by Crippen LogP contribution is 2.25. The molecule has 6 heteroatoms. The molecule has 0 bridgehead atoms. The number of amides is 2. The quantitative estimate of drug-likeness (QED) is 0.777. The molecule has 0 aliphatic rings. The maximum atomic E-state index is 11.8. The monoisotopic (exact) mass is 303 g/mol. The summed E-state index contributed by atoms with van der Waals surface area (Å²) in [6.45, 7) is 4.40. The van der Waals surface area contributed by atoms with Gasteiger partial charge in [-0.25, -0.2) is 4.79 Å². The summed E-state index contributed by atoms with van der Waals surface area (Å²) in [6, 6.07) is 4.54. The van der Waals surface area contributed by atoms with Gasteiger partial charge >= 0.3 is 6.03 Å². The minimum atomic E-state index is -0.379. The number of anilines is 1. The van der Waals surface area contributed by atoms with E-state index < -0.39 is 0 Å². The standard InChI is InChI=1S/C13H19Cl2N3O/c1-3-13(16,4-2)8-17-12(19)18-11-7-9(14)5-6-10(11)15/h5-7H,3-4,8,16H2,1-2H3,(H2,17,18,19). The number of halogens is 2. The van der Waals surface area contributed by atoms with E-state index in [9.17, 15) is 4.79 Å². The Bertz CT molecular complexity index is 448. The van der Waals surface area contributed by atoms with Gasteiger partial charge in [-0.05, 0) is 31.0 Å². The number of hydrogen-bond donors (Lipinski definition) is 3. The van der Waals surface area contributed by atoms with Gasteiger partial charge in [0.1, 0.15) is 0 Å². The Morgan fingerprint density at radius 3 is 2.53 bits per heavy atom. The van der Waals surface area contributed by atoms with Crippen molar-refractivity contribution in [3.63, 3.8) is 0 Å². The van der Waals surface area contributed by atoms with E-state index in [0.717, 1.165) is 12.8 Å². The predicted octanol–water partition coefficient (Wildman–Crippen LogP) is 3.63. The zero-order valence-electron chi connectivity index (χ0n) is 11.1. The van der Waals surface area contributed by atoms with E-state index >= 15 is 0 Å². The highest BCUT2D eigenvalue weighted by molar-refractivity contribution is 6.35. The van der Waals surface area contributed by atoms with Gasteiger partial charge in [-0.3, -0.25) is 0 Å². The summed E-state index contributed by atoms with van der Waals surface area (Å²) in [7, 11) is 0. The second-order valence-electron chi connectivity index (χ2n) is 4.50. The molecule has 0 unspecified atom stereocenters. The number of rotatable bonds is 5. The molecular weight excluding hydrogens is 285 g/mol. The predicted molar refractivity (Wildman–Crippen MR) is 81.0 cm³/mol. The Kier molecular flexibility index (Phi) is 5.91. The Hall–Kier alpha value is -0.970. The van der Waals surface area contributed by atoms with E-state index in [2.05, 4.69) is 10.6 Å². The molecule has 0 saturated heterocycles. The third-order valence-corrected chi connectivity index (χ3v) is 3.75. The summed E-state index contributed by atoms with van der Waals surface area (Å²) in [6.07, 6.45) is 1.59. The Balaban J connectivity index is 2.58. The number of carbonyl (C=O) groups excluding carboxylic acids is 1. The molecule has 4 N–H and O–H groups in total. The molecule has 106 valence electrons. The van der Waals surface area contributed by atoms with Crippen molar-refractivity contribution < 1.29 is 4.79 Å². The van der Waals surface area contributed by atoms with Gasteiger partial charge in [0.25, 0.3) is 0 Å². The molecule has 0 aliphatic carbocycles.